The van der Waals surface area contributed by atoms with E-state index in [9.17, 15) is 4.79 Å². The molecular weight excluding hydrogens is 218 g/mol. The Morgan fingerprint density at radius 1 is 1.53 bits per heavy atom. The van der Waals surface area contributed by atoms with E-state index in [1.807, 2.05) is 13.8 Å². The van der Waals surface area contributed by atoms with Crippen LogP contribution in [0.4, 0.5) is 5.69 Å². The molecule has 1 atom stereocenters. The third kappa shape index (κ3) is 3.06. The lowest BCUT2D eigenvalue weighted by molar-refractivity contribution is -0.119. The molecule has 2 heterocycles. The molecular formula is C12H19N3O2. The van der Waals surface area contributed by atoms with Gasteiger partial charge in [-0.2, -0.15) is 5.10 Å². The number of aryl methyl sites for hydroxylation is 2. The summed E-state index contributed by atoms with van der Waals surface area (Å²) in [6.07, 6.45) is 3.76. The molecule has 0 saturated carbocycles. The Hall–Kier alpha value is -1.36. The van der Waals surface area contributed by atoms with Crippen LogP contribution in [0.15, 0.2) is 0 Å². The van der Waals surface area contributed by atoms with Gasteiger partial charge in [-0.3, -0.25) is 9.89 Å². The number of hydrogen-bond acceptors (Lipinski definition) is 3. The number of ether oxygens (including phenoxy) is 1. The number of nitrogens with one attached hydrogen (secondary N) is 2. The highest BCUT2D eigenvalue weighted by molar-refractivity contribution is 5.92. The van der Waals surface area contributed by atoms with Crippen LogP contribution < -0.4 is 5.32 Å². The summed E-state index contributed by atoms with van der Waals surface area (Å²) in [6, 6.07) is 0. The van der Waals surface area contributed by atoms with Gasteiger partial charge in [0.25, 0.3) is 0 Å². The summed E-state index contributed by atoms with van der Waals surface area (Å²) < 4.78 is 5.54. The topological polar surface area (TPSA) is 67.0 Å². The highest BCUT2D eigenvalue weighted by Crippen LogP contribution is 2.19. The van der Waals surface area contributed by atoms with Crippen LogP contribution in [0.2, 0.25) is 0 Å². The molecule has 1 unspecified atom stereocenters. The average molecular weight is 237 g/mol. The molecule has 5 heteroatoms. The molecule has 1 aliphatic heterocycles. The number of amides is 1. The predicted octanol–water partition coefficient (Wildman–Crippen LogP) is 1.92. The second-order valence-electron chi connectivity index (χ2n) is 4.55. The fourth-order valence-electron chi connectivity index (χ4n) is 2.10. The Bertz CT molecular complexity index is 375. The summed E-state index contributed by atoms with van der Waals surface area (Å²) in [5, 5.41) is 9.79. The van der Waals surface area contributed by atoms with Crippen LogP contribution in [-0.4, -0.2) is 28.8 Å². The molecule has 17 heavy (non-hydrogen) atoms. The molecule has 1 aromatic rings. The summed E-state index contributed by atoms with van der Waals surface area (Å²) in [4.78, 5) is 11.9. The third-order valence-corrected chi connectivity index (χ3v) is 3.08. The van der Waals surface area contributed by atoms with Crippen LogP contribution in [0.3, 0.4) is 0 Å². The fraction of sp³-hybridized carbons (Fsp3) is 0.667. The molecule has 1 aliphatic rings. The zero-order valence-corrected chi connectivity index (χ0v) is 10.4. The van der Waals surface area contributed by atoms with Crippen molar-refractivity contribution in [2.45, 2.75) is 45.6 Å². The Labute approximate surface area is 101 Å². The number of H-pyrrole nitrogens is 1. The number of aromatic nitrogens is 2. The molecule has 1 saturated heterocycles. The van der Waals surface area contributed by atoms with Gasteiger partial charge in [0.05, 0.1) is 29.6 Å². The minimum atomic E-state index is 0.00417. The van der Waals surface area contributed by atoms with Crippen molar-refractivity contribution < 1.29 is 9.53 Å². The van der Waals surface area contributed by atoms with E-state index in [4.69, 9.17) is 4.74 Å². The molecule has 1 fully saturated rings. The first-order valence-corrected chi connectivity index (χ1v) is 6.10. The molecule has 0 spiro atoms. The van der Waals surface area contributed by atoms with E-state index in [1.54, 1.807) is 0 Å². The minimum absolute atomic E-state index is 0.00417. The van der Waals surface area contributed by atoms with Gasteiger partial charge in [0, 0.05) is 6.61 Å². The summed E-state index contributed by atoms with van der Waals surface area (Å²) in [7, 11) is 0. The van der Waals surface area contributed by atoms with Crippen molar-refractivity contribution in [2.75, 3.05) is 11.9 Å². The van der Waals surface area contributed by atoms with Crippen molar-refractivity contribution in [1.29, 1.82) is 0 Å². The molecule has 1 amide bonds. The van der Waals surface area contributed by atoms with Crippen LogP contribution in [0.5, 0.6) is 0 Å². The van der Waals surface area contributed by atoms with Crippen molar-refractivity contribution in [3.05, 3.63) is 11.4 Å². The van der Waals surface area contributed by atoms with E-state index in [0.717, 1.165) is 42.9 Å². The number of anilines is 1. The highest BCUT2D eigenvalue weighted by atomic mass is 16.5. The lowest BCUT2D eigenvalue weighted by Crippen LogP contribution is -2.25. The van der Waals surface area contributed by atoms with Gasteiger partial charge in [0.15, 0.2) is 0 Å². The predicted molar refractivity (Wildman–Crippen MR) is 64.9 cm³/mol. The quantitative estimate of drug-likeness (QED) is 0.844. The average Bonchev–Trinajstić information content (AvgIpc) is 2.62. The van der Waals surface area contributed by atoms with Gasteiger partial charge in [0.1, 0.15) is 0 Å². The zero-order valence-electron chi connectivity index (χ0n) is 10.4. The molecule has 5 nitrogen and oxygen atoms in total. The first kappa shape index (κ1) is 12.1. The van der Waals surface area contributed by atoms with Crippen LogP contribution in [0.1, 0.15) is 37.1 Å². The maximum absolute atomic E-state index is 11.9. The standard InChI is InChI=1S/C12H19N3O2/c1-8-12(9(2)15-14-8)13-11(16)7-10-5-3-4-6-17-10/h10H,3-7H2,1-2H3,(H,13,16)(H,14,15). The number of carbonyl (C=O) groups is 1. The van der Waals surface area contributed by atoms with E-state index in [1.165, 1.54) is 0 Å². The number of rotatable bonds is 3. The molecule has 0 aliphatic carbocycles. The van der Waals surface area contributed by atoms with E-state index < -0.39 is 0 Å². The normalized spacial score (nSPS) is 20.2. The van der Waals surface area contributed by atoms with Gasteiger partial charge >= 0.3 is 0 Å². The highest BCUT2D eigenvalue weighted by Gasteiger charge is 2.18. The lowest BCUT2D eigenvalue weighted by Gasteiger charge is -2.21. The Balaban J connectivity index is 1.88. The Kier molecular flexibility index (Phi) is 3.78. The van der Waals surface area contributed by atoms with Crippen molar-refractivity contribution in [3.63, 3.8) is 0 Å². The molecule has 2 rings (SSSR count). The molecule has 0 radical (unpaired) electrons. The van der Waals surface area contributed by atoms with Gasteiger partial charge in [0.2, 0.25) is 5.91 Å². The van der Waals surface area contributed by atoms with Crippen LogP contribution in [-0.2, 0) is 9.53 Å². The lowest BCUT2D eigenvalue weighted by atomic mass is 10.1. The van der Waals surface area contributed by atoms with Gasteiger partial charge < -0.3 is 10.1 Å². The van der Waals surface area contributed by atoms with Crippen molar-refractivity contribution in [2.24, 2.45) is 0 Å². The van der Waals surface area contributed by atoms with Gasteiger partial charge in [-0.15, -0.1) is 0 Å². The number of nitrogens with zero attached hydrogens (tertiary/aromatic N) is 1. The van der Waals surface area contributed by atoms with Gasteiger partial charge in [-0.25, -0.2) is 0 Å². The first-order chi connectivity index (χ1) is 8.16. The Morgan fingerprint density at radius 3 is 2.94 bits per heavy atom. The molecule has 0 aromatic carbocycles. The number of hydrogen-bond donors (Lipinski definition) is 2. The second kappa shape index (κ2) is 5.31. The second-order valence-corrected chi connectivity index (χ2v) is 4.55. The monoisotopic (exact) mass is 237 g/mol. The van der Waals surface area contributed by atoms with Crippen LogP contribution >= 0.6 is 0 Å². The molecule has 94 valence electrons. The third-order valence-electron chi connectivity index (χ3n) is 3.08. The summed E-state index contributed by atoms with van der Waals surface area (Å²) in [6.45, 7) is 4.55. The fourth-order valence-corrected chi connectivity index (χ4v) is 2.10. The minimum Gasteiger partial charge on any atom is -0.378 e. The van der Waals surface area contributed by atoms with E-state index in [0.29, 0.717) is 6.42 Å². The van der Waals surface area contributed by atoms with Crippen LogP contribution in [0.25, 0.3) is 0 Å². The summed E-state index contributed by atoms with van der Waals surface area (Å²) >= 11 is 0. The van der Waals surface area contributed by atoms with Gasteiger partial charge in [-0.05, 0) is 33.1 Å². The van der Waals surface area contributed by atoms with E-state index >= 15 is 0 Å². The smallest absolute Gasteiger partial charge is 0.227 e. The summed E-state index contributed by atoms with van der Waals surface area (Å²) in [5.41, 5.74) is 2.51. The van der Waals surface area contributed by atoms with Gasteiger partial charge in [-0.1, -0.05) is 0 Å². The molecule has 1 aromatic heterocycles. The summed E-state index contributed by atoms with van der Waals surface area (Å²) in [5.74, 6) is 0.00417. The van der Waals surface area contributed by atoms with Crippen molar-refractivity contribution >= 4 is 11.6 Å². The zero-order chi connectivity index (χ0) is 12.3. The maximum Gasteiger partial charge on any atom is 0.227 e. The van der Waals surface area contributed by atoms with Crippen molar-refractivity contribution in [1.82, 2.24) is 10.2 Å². The Morgan fingerprint density at radius 2 is 2.35 bits per heavy atom. The molecule has 0 bridgehead atoms. The van der Waals surface area contributed by atoms with E-state index in [2.05, 4.69) is 15.5 Å². The SMILES string of the molecule is Cc1n[nH]c(C)c1NC(=O)CC1CCCCO1. The van der Waals surface area contributed by atoms with Crippen LogP contribution in [0, 0.1) is 13.8 Å². The van der Waals surface area contributed by atoms with E-state index in [-0.39, 0.29) is 12.0 Å². The number of aromatic amines is 1. The first-order valence-electron chi connectivity index (χ1n) is 6.10. The number of carbonyl (C=O) groups excluding carboxylic acids is 1. The molecule has 2 N–H and O–H groups in total. The largest absolute Gasteiger partial charge is 0.378 e. The maximum atomic E-state index is 11.9. The van der Waals surface area contributed by atoms with Crippen molar-refractivity contribution in [3.8, 4) is 0 Å².